The second-order valence-corrected chi connectivity index (χ2v) is 5.53. The number of benzene rings is 2. The number of nitrogens with one attached hydrogen (secondary N) is 1. The van der Waals surface area contributed by atoms with Crippen LogP contribution in [0.1, 0.15) is 22.7 Å². The molecule has 0 amide bonds. The van der Waals surface area contributed by atoms with E-state index in [9.17, 15) is 4.39 Å². The van der Waals surface area contributed by atoms with E-state index in [1.54, 1.807) is 13.2 Å². The molecule has 0 bridgehead atoms. The van der Waals surface area contributed by atoms with Gasteiger partial charge in [0.15, 0.2) is 0 Å². The Balaban J connectivity index is 2.44. The predicted octanol–water partition coefficient (Wildman–Crippen LogP) is 4.21. The predicted molar refractivity (Wildman–Crippen MR) is 82.7 cm³/mol. The molecular weight excluding hydrogens is 321 g/mol. The lowest BCUT2D eigenvalue weighted by molar-refractivity contribution is 0.412. The summed E-state index contributed by atoms with van der Waals surface area (Å²) in [5.74, 6) is 0.562. The standard InChI is InChI=1S/C16H17BrFNO/c1-10-6-12(8-13(18)7-10)16(19-2)11-4-5-15(20-3)14(17)9-11/h4-9,16,19H,1-3H3. The average Bonchev–Trinajstić information content (AvgIpc) is 2.38. The molecule has 2 nitrogen and oxygen atoms in total. The molecule has 0 aliphatic carbocycles. The van der Waals surface area contributed by atoms with Gasteiger partial charge in [0.25, 0.3) is 0 Å². The Morgan fingerprint density at radius 3 is 2.45 bits per heavy atom. The van der Waals surface area contributed by atoms with Gasteiger partial charge in [0.05, 0.1) is 17.6 Å². The Morgan fingerprint density at radius 2 is 1.90 bits per heavy atom. The van der Waals surface area contributed by atoms with Crippen LogP contribution in [0.4, 0.5) is 4.39 Å². The molecule has 0 saturated carbocycles. The summed E-state index contributed by atoms with van der Waals surface area (Å²) in [4.78, 5) is 0. The largest absolute Gasteiger partial charge is 0.496 e. The molecule has 0 radical (unpaired) electrons. The van der Waals surface area contributed by atoms with Gasteiger partial charge in [-0.1, -0.05) is 12.1 Å². The van der Waals surface area contributed by atoms with Crippen LogP contribution in [0.3, 0.4) is 0 Å². The van der Waals surface area contributed by atoms with E-state index >= 15 is 0 Å². The second kappa shape index (κ2) is 6.37. The highest BCUT2D eigenvalue weighted by Crippen LogP contribution is 2.31. The van der Waals surface area contributed by atoms with Gasteiger partial charge in [0.1, 0.15) is 11.6 Å². The van der Waals surface area contributed by atoms with Gasteiger partial charge in [-0.2, -0.15) is 0 Å². The van der Waals surface area contributed by atoms with Crippen LogP contribution in [0.2, 0.25) is 0 Å². The van der Waals surface area contributed by atoms with Crippen LogP contribution >= 0.6 is 15.9 Å². The smallest absolute Gasteiger partial charge is 0.133 e. The average molecular weight is 338 g/mol. The minimum atomic E-state index is -0.215. The van der Waals surface area contributed by atoms with E-state index in [-0.39, 0.29) is 11.9 Å². The van der Waals surface area contributed by atoms with Gasteiger partial charge in [0, 0.05) is 0 Å². The van der Waals surface area contributed by atoms with Crippen molar-refractivity contribution in [3.63, 3.8) is 0 Å². The zero-order valence-corrected chi connectivity index (χ0v) is 13.3. The summed E-state index contributed by atoms with van der Waals surface area (Å²) in [6.07, 6.45) is 0. The number of hydrogen-bond donors (Lipinski definition) is 1. The molecule has 0 saturated heterocycles. The van der Waals surface area contributed by atoms with E-state index in [0.717, 1.165) is 26.9 Å². The summed E-state index contributed by atoms with van der Waals surface area (Å²) in [5.41, 5.74) is 2.86. The Labute approximate surface area is 127 Å². The fraction of sp³-hybridized carbons (Fsp3) is 0.250. The molecule has 0 aliphatic heterocycles. The zero-order chi connectivity index (χ0) is 14.7. The summed E-state index contributed by atoms with van der Waals surface area (Å²) < 4.78 is 19.7. The summed E-state index contributed by atoms with van der Waals surface area (Å²) in [6.45, 7) is 1.89. The zero-order valence-electron chi connectivity index (χ0n) is 11.7. The van der Waals surface area contributed by atoms with Crippen LogP contribution < -0.4 is 10.1 Å². The van der Waals surface area contributed by atoms with E-state index in [0.29, 0.717) is 0 Å². The van der Waals surface area contributed by atoms with Gasteiger partial charge in [-0.25, -0.2) is 4.39 Å². The van der Waals surface area contributed by atoms with E-state index in [2.05, 4.69) is 21.2 Å². The van der Waals surface area contributed by atoms with Crippen molar-refractivity contribution < 1.29 is 9.13 Å². The lowest BCUT2D eigenvalue weighted by atomic mass is 9.97. The first-order valence-electron chi connectivity index (χ1n) is 6.33. The molecule has 2 aromatic rings. The molecule has 0 heterocycles. The van der Waals surface area contributed by atoms with Gasteiger partial charge < -0.3 is 10.1 Å². The number of ether oxygens (including phenoxy) is 1. The maximum atomic E-state index is 13.6. The topological polar surface area (TPSA) is 21.3 Å². The molecule has 0 aromatic heterocycles. The van der Waals surface area contributed by atoms with Gasteiger partial charge in [-0.3, -0.25) is 0 Å². The normalized spacial score (nSPS) is 12.2. The number of hydrogen-bond acceptors (Lipinski definition) is 2. The maximum absolute atomic E-state index is 13.6. The first kappa shape index (κ1) is 15.0. The van der Waals surface area contributed by atoms with Crippen molar-refractivity contribution in [3.8, 4) is 5.75 Å². The van der Waals surface area contributed by atoms with Crippen LogP contribution in [0.25, 0.3) is 0 Å². The summed E-state index contributed by atoms with van der Waals surface area (Å²) in [7, 11) is 3.49. The molecule has 1 unspecified atom stereocenters. The van der Waals surface area contributed by atoms with Crippen molar-refractivity contribution in [1.82, 2.24) is 5.32 Å². The van der Waals surface area contributed by atoms with Crippen LogP contribution in [0, 0.1) is 12.7 Å². The summed E-state index contributed by atoms with van der Waals surface area (Å²) >= 11 is 3.48. The quantitative estimate of drug-likeness (QED) is 0.902. The monoisotopic (exact) mass is 337 g/mol. The number of halogens is 2. The van der Waals surface area contributed by atoms with Crippen molar-refractivity contribution in [2.45, 2.75) is 13.0 Å². The van der Waals surface area contributed by atoms with Gasteiger partial charge >= 0.3 is 0 Å². The molecule has 1 atom stereocenters. The van der Waals surface area contributed by atoms with Crippen molar-refractivity contribution >= 4 is 15.9 Å². The van der Waals surface area contributed by atoms with Crippen molar-refractivity contribution in [3.05, 3.63) is 63.4 Å². The fourth-order valence-corrected chi connectivity index (χ4v) is 2.88. The van der Waals surface area contributed by atoms with Crippen LogP contribution in [-0.4, -0.2) is 14.2 Å². The molecule has 0 aliphatic rings. The van der Waals surface area contributed by atoms with Crippen LogP contribution in [0.5, 0.6) is 5.75 Å². The van der Waals surface area contributed by atoms with E-state index in [4.69, 9.17) is 4.74 Å². The minimum Gasteiger partial charge on any atom is -0.496 e. The summed E-state index contributed by atoms with van der Waals surface area (Å²) in [6, 6.07) is 10.9. The number of methoxy groups -OCH3 is 1. The fourth-order valence-electron chi connectivity index (χ4n) is 2.32. The summed E-state index contributed by atoms with van der Waals surface area (Å²) in [5, 5.41) is 3.23. The van der Waals surface area contributed by atoms with Crippen molar-refractivity contribution in [2.75, 3.05) is 14.2 Å². The van der Waals surface area contributed by atoms with E-state index in [1.165, 1.54) is 6.07 Å². The third kappa shape index (κ3) is 3.19. The lowest BCUT2D eigenvalue weighted by Crippen LogP contribution is -2.18. The highest BCUT2D eigenvalue weighted by molar-refractivity contribution is 9.10. The number of aryl methyl sites for hydroxylation is 1. The molecule has 0 spiro atoms. The molecule has 2 aromatic carbocycles. The van der Waals surface area contributed by atoms with Crippen molar-refractivity contribution in [2.24, 2.45) is 0 Å². The molecule has 0 fully saturated rings. The molecule has 2 rings (SSSR count). The van der Waals surface area contributed by atoms with Gasteiger partial charge in [0.2, 0.25) is 0 Å². The molecule has 106 valence electrons. The molecule has 4 heteroatoms. The first-order valence-corrected chi connectivity index (χ1v) is 7.12. The van der Waals surface area contributed by atoms with E-state index < -0.39 is 0 Å². The number of rotatable bonds is 4. The van der Waals surface area contributed by atoms with E-state index in [1.807, 2.05) is 38.2 Å². The molecule has 1 N–H and O–H groups in total. The Hall–Kier alpha value is -1.39. The van der Waals surface area contributed by atoms with Gasteiger partial charge in [-0.05, 0) is 70.9 Å². The van der Waals surface area contributed by atoms with Crippen molar-refractivity contribution in [1.29, 1.82) is 0 Å². The van der Waals surface area contributed by atoms with Crippen LogP contribution in [0.15, 0.2) is 40.9 Å². The third-order valence-electron chi connectivity index (χ3n) is 3.20. The van der Waals surface area contributed by atoms with Crippen LogP contribution in [-0.2, 0) is 0 Å². The van der Waals surface area contributed by atoms with Gasteiger partial charge in [-0.15, -0.1) is 0 Å². The first-order chi connectivity index (χ1) is 9.55. The highest BCUT2D eigenvalue weighted by atomic mass is 79.9. The maximum Gasteiger partial charge on any atom is 0.133 e. The second-order valence-electron chi connectivity index (χ2n) is 4.68. The third-order valence-corrected chi connectivity index (χ3v) is 3.82. The molecule has 20 heavy (non-hydrogen) atoms. The highest BCUT2D eigenvalue weighted by Gasteiger charge is 2.15. The Bertz CT molecular complexity index is 595. The SMILES string of the molecule is CNC(c1cc(C)cc(F)c1)c1ccc(OC)c(Br)c1. The Morgan fingerprint density at radius 1 is 1.15 bits per heavy atom. The minimum absolute atomic E-state index is 0.0633. The Kier molecular flexibility index (Phi) is 4.78. The molecular formula is C16H17BrFNO. The lowest BCUT2D eigenvalue weighted by Gasteiger charge is -2.19.